The molecule has 0 saturated heterocycles. The zero-order valence-corrected chi connectivity index (χ0v) is 20.0. The molecule has 1 aromatic heterocycles. The molecule has 4 rings (SSSR count). The first kappa shape index (κ1) is 23.8. The van der Waals surface area contributed by atoms with Crippen LogP contribution in [0.4, 0.5) is 5.69 Å². The van der Waals surface area contributed by atoms with Crippen LogP contribution in [0.15, 0.2) is 65.3 Å². The monoisotopic (exact) mass is 459 g/mol. The minimum absolute atomic E-state index is 0.0258. The van der Waals surface area contributed by atoms with Crippen molar-refractivity contribution in [2.45, 2.75) is 58.7 Å². The van der Waals surface area contributed by atoms with Gasteiger partial charge in [-0.05, 0) is 66.6 Å². The van der Waals surface area contributed by atoms with Crippen molar-refractivity contribution in [1.82, 2.24) is 10.2 Å². The van der Waals surface area contributed by atoms with Crippen LogP contribution in [0.3, 0.4) is 0 Å². The Labute approximate surface area is 201 Å². The van der Waals surface area contributed by atoms with Crippen molar-refractivity contribution in [1.29, 1.82) is 0 Å². The van der Waals surface area contributed by atoms with E-state index in [9.17, 15) is 9.59 Å². The highest BCUT2D eigenvalue weighted by Gasteiger charge is 2.23. The van der Waals surface area contributed by atoms with E-state index in [1.54, 1.807) is 6.26 Å². The van der Waals surface area contributed by atoms with Crippen LogP contribution in [0.1, 0.15) is 59.5 Å². The van der Waals surface area contributed by atoms with Gasteiger partial charge >= 0.3 is 0 Å². The zero-order valence-electron chi connectivity index (χ0n) is 20.0. The molecule has 1 saturated carbocycles. The Kier molecular flexibility index (Phi) is 7.80. The maximum Gasteiger partial charge on any atom is 0.251 e. The van der Waals surface area contributed by atoms with E-state index in [1.165, 1.54) is 0 Å². The van der Waals surface area contributed by atoms with Gasteiger partial charge in [-0.1, -0.05) is 44.2 Å². The molecule has 6 nitrogen and oxygen atoms in total. The quantitative estimate of drug-likeness (QED) is 0.426. The minimum Gasteiger partial charge on any atom is -0.468 e. The van der Waals surface area contributed by atoms with Gasteiger partial charge in [-0.3, -0.25) is 14.5 Å². The van der Waals surface area contributed by atoms with E-state index in [0.29, 0.717) is 24.7 Å². The van der Waals surface area contributed by atoms with Crippen LogP contribution in [0.5, 0.6) is 0 Å². The van der Waals surface area contributed by atoms with Crippen molar-refractivity contribution < 1.29 is 14.0 Å². The van der Waals surface area contributed by atoms with Gasteiger partial charge in [0.05, 0.1) is 19.4 Å². The molecule has 178 valence electrons. The van der Waals surface area contributed by atoms with Crippen molar-refractivity contribution in [3.8, 4) is 0 Å². The van der Waals surface area contributed by atoms with Gasteiger partial charge in [0.2, 0.25) is 5.91 Å². The standard InChI is InChI=1S/C28H33N3O3/c1-3-21-7-5-8-22(4-2)27(21)30-26(32)19-31(18-25-9-6-16-34-25)17-20-10-12-23(13-11-20)28(33)29-24-14-15-24/h5-13,16,24H,3-4,14-15,17-19H2,1-2H3,(H,29,33)(H,30,32). The largest absolute Gasteiger partial charge is 0.468 e. The summed E-state index contributed by atoms with van der Waals surface area (Å²) in [6.45, 7) is 5.51. The molecule has 0 radical (unpaired) electrons. The Bertz CT molecular complexity index is 1080. The molecule has 1 fully saturated rings. The van der Waals surface area contributed by atoms with E-state index in [0.717, 1.165) is 53.8 Å². The third-order valence-electron chi connectivity index (χ3n) is 6.12. The van der Waals surface area contributed by atoms with E-state index >= 15 is 0 Å². The number of rotatable bonds is 11. The zero-order chi connectivity index (χ0) is 23.9. The average Bonchev–Trinajstić information content (AvgIpc) is 3.51. The van der Waals surface area contributed by atoms with Gasteiger partial charge in [0, 0.05) is 23.8 Å². The number of hydrogen-bond acceptors (Lipinski definition) is 4. The van der Waals surface area contributed by atoms with Crippen LogP contribution in [0, 0.1) is 0 Å². The molecule has 2 aromatic carbocycles. The van der Waals surface area contributed by atoms with Crippen molar-refractivity contribution in [2.75, 3.05) is 11.9 Å². The number of benzene rings is 2. The second kappa shape index (κ2) is 11.2. The number of anilines is 1. The number of hydrogen-bond donors (Lipinski definition) is 2. The van der Waals surface area contributed by atoms with E-state index in [4.69, 9.17) is 4.42 Å². The summed E-state index contributed by atoms with van der Waals surface area (Å²) in [5.41, 5.74) is 4.91. The van der Waals surface area contributed by atoms with Crippen molar-refractivity contribution in [3.63, 3.8) is 0 Å². The van der Waals surface area contributed by atoms with Crippen LogP contribution in [0.2, 0.25) is 0 Å². The molecule has 3 aromatic rings. The van der Waals surface area contributed by atoms with E-state index in [-0.39, 0.29) is 18.4 Å². The van der Waals surface area contributed by atoms with Crippen molar-refractivity contribution in [2.24, 2.45) is 0 Å². The lowest BCUT2D eigenvalue weighted by Crippen LogP contribution is -2.33. The summed E-state index contributed by atoms with van der Waals surface area (Å²) in [6.07, 6.45) is 5.50. The van der Waals surface area contributed by atoms with Crippen LogP contribution >= 0.6 is 0 Å². The molecular formula is C28H33N3O3. The number of amides is 2. The normalized spacial score (nSPS) is 13.1. The van der Waals surface area contributed by atoms with Crippen LogP contribution in [0.25, 0.3) is 0 Å². The van der Waals surface area contributed by atoms with Gasteiger partial charge in [-0.25, -0.2) is 0 Å². The van der Waals surface area contributed by atoms with Gasteiger partial charge in [0.1, 0.15) is 5.76 Å². The number of aryl methyl sites for hydroxylation is 2. The Morgan fingerprint density at radius 1 is 0.941 bits per heavy atom. The fraction of sp³-hybridized carbons (Fsp3) is 0.357. The lowest BCUT2D eigenvalue weighted by atomic mass is 10.0. The van der Waals surface area contributed by atoms with Gasteiger partial charge in [-0.15, -0.1) is 0 Å². The molecular weight excluding hydrogens is 426 g/mol. The predicted octanol–water partition coefficient (Wildman–Crippen LogP) is 4.94. The minimum atomic E-state index is -0.0532. The summed E-state index contributed by atoms with van der Waals surface area (Å²) >= 11 is 0. The number of nitrogens with one attached hydrogen (secondary N) is 2. The maximum atomic E-state index is 13.1. The summed E-state index contributed by atoms with van der Waals surface area (Å²) in [5.74, 6) is 0.723. The molecule has 0 atom stereocenters. The van der Waals surface area contributed by atoms with Gasteiger partial charge in [-0.2, -0.15) is 0 Å². The predicted molar refractivity (Wildman–Crippen MR) is 134 cm³/mol. The number of carbonyl (C=O) groups is 2. The summed E-state index contributed by atoms with van der Waals surface area (Å²) < 4.78 is 5.54. The second-order valence-corrected chi connectivity index (χ2v) is 8.88. The highest BCUT2D eigenvalue weighted by molar-refractivity contribution is 5.95. The lowest BCUT2D eigenvalue weighted by Gasteiger charge is -2.22. The number of carbonyl (C=O) groups excluding carboxylic acids is 2. The highest BCUT2D eigenvalue weighted by atomic mass is 16.3. The van der Waals surface area contributed by atoms with Gasteiger partial charge < -0.3 is 15.1 Å². The average molecular weight is 460 g/mol. The second-order valence-electron chi connectivity index (χ2n) is 8.88. The summed E-state index contributed by atoms with van der Waals surface area (Å²) in [4.78, 5) is 27.4. The van der Waals surface area contributed by atoms with E-state index < -0.39 is 0 Å². The fourth-order valence-electron chi connectivity index (χ4n) is 4.09. The number of para-hydroxylation sites is 1. The summed E-state index contributed by atoms with van der Waals surface area (Å²) in [6, 6.07) is 17.9. The fourth-order valence-corrected chi connectivity index (χ4v) is 4.09. The number of furan rings is 1. The topological polar surface area (TPSA) is 74.6 Å². The van der Waals surface area contributed by atoms with Crippen LogP contribution < -0.4 is 10.6 Å². The Morgan fingerprint density at radius 3 is 2.24 bits per heavy atom. The first-order valence-corrected chi connectivity index (χ1v) is 12.1. The third kappa shape index (κ3) is 6.35. The highest BCUT2D eigenvalue weighted by Crippen LogP contribution is 2.23. The third-order valence-corrected chi connectivity index (χ3v) is 6.12. The maximum absolute atomic E-state index is 13.1. The van der Waals surface area contributed by atoms with Crippen LogP contribution in [-0.4, -0.2) is 29.3 Å². The first-order valence-electron chi connectivity index (χ1n) is 12.1. The van der Waals surface area contributed by atoms with Gasteiger partial charge in [0.25, 0.3) is 5.91 Å². The van der Waals surface area contributed by atoms with Crippen molar-refractivity contribution >= 4 is 17.5 Å². The molecule has 0 aliphatic heterocycles. The molecule has 0 bridgehead atoms. The molecule has 2 amide bonds. The molecule has 0 unspecified atom stereocenters. The molecule has 0 spiro atoms. The molecule has 34 heavy (non-hydrogen) atoms. The molecule has 1 heterocycles. The first-order chi connectivity index (χ1) is 16.6. The lowest BCUT2D eigenvalue weighted by molar-refractivity contribution is -0.117. The molecule has 2 N–H and O–H groups in total. The molecule has 1 aliphatic rings. The Morgan fingerprint density at radius 2 is 1.65 bits per heavy atom. The number of nitrogens with zero attached hydrogens (tertiary/aromatic N) is 1. The Hall–Kier alpha value is -3.38. The van der Waals surface area contributed by atoms with Crippen LogP contribution in [-0.2, 0) is 30.7 Å². The van der Waals surface area contributed by atoms with Gasteiger partial charge in [0.15, 0.2) is 0 Å². The van der Waals surface area contributed by atoms with E-state index in [1.807, 2.05) is 47.4 Å². The molecule has 1 aliphatic carbocycles. The SMILES string of the molecule is CCc1cccc(CC)c1NC(=O)CN(Cc1ccc(C(=O)NC2CC2)cc1)Cc1ccco1. The van der Waals surface area contributed by atoms with E-state index in [2.05, 4.69) is 36.6 Å². The molecule has 6 heteroatoms. The summed E-state index contributed by atoms with van der Waals surface area (Å²) in [7, 11) is 0. The Balaban J connectivity index is 1.45. The van der Waals surface area contributed by atoms with Crippen molar-refractivity contribution in [3.05, 3.63) is 88.9 Å². The smallest absolute Gasteiger partial charge is 0.251 e. The summed E-state index contributed by atoms with van der Waals surface area (Å²) in [5, 5.41) is 6.17.